The minimum absolute atomic E-state index is 0.0244. The molecule has 0 amide bonds. The second-order valence-corrected chi connectivity index (χ2v) is 5.02. The lowest BCUT2D eigenvalue weighted by Crippen LogP contribution is -2.41. The molecule has 2 unspecified atom stereocenters. The molecule has 0 fully saturated rings. The summed E-state index contributed by atoms with van der Waals surface area (Å²) in [5.74, 6) is -0.496. The van der Waals surface area contributed by atoms with Crippen LogP contribution in [0.15, 0.2) is 49.3 Å². The molecule has 0 aliphatic carbocycles. The van der Waals surface area contributed by atoms with E-state index >= 15 is 0 Å². The van der Waals surface area contributed by atoms with Crippen LogP contribution in [0.5, 0.6) is 0 Å². The van der Waals surface area contributed by atoms with E-state index in [4.69, 9.17) is 0 Å². The summed E-state index contributed by atoms with van der Waals surface area (Å²) in [4.78, 5) is 5.20. The van der Waals surface area contributed by atoms with Gasteiger partial charge in [-0.25, -0.2) is 14.1 Å². The van der Waals surface area contributed by atoms with Crippen LogP contribution < -0.4 is 0 Å². The fourth-order valence-electron chi connectivity index (χ4n) is 2.43. The van der Waals surface area contributed by atoms with E-state index in [2.05, 4.69) is 20.3 Å². The van der Waals surface area contributed by atoms with Crippen molar-refractivity contribution in [3.8, 4) is 0 Å². The van der Waals surface area contributed by atoms with Crippen molar-refractivity contribution in [2.75, 3.05) is 0 Å². The zero-order valence-electron chi connectivity index (χ0n) is 11.9. The van der Waals surface area contributed by atoms with Gasteiger partial charge in [-0.15, -0.1) is 0 Å². The van der Waals surface area contributed by atoms with Gasteiger partial charge < -0.3 is 5.11 Å². The van der Waals surface area contributed by atoms with E-state index in [0.717, 1.165) is 0 Å². The van der Waals surface area contributed by atoms with Crippen LogP contribution in [0.4, 0.5) is 4.39 Å². The summed E-state index contributed by atoms with van der Waals surface area (Å²) in [5, 5.41) is 23.3. The predicted molar refractivity (Wildman–Crippen MR) is 75.1 cm³/mol. The van der Waals surface area contributed by atoms with Crippen molar-refractivity contribution < 1.29 is 9.50 Å². The average molecular weight is 302 g/mol. The molecule has 0 saturated heterocycles. The number of benzene rings is 1. The van der Waals surface area contributed by atoms with Gasteiger partial charge in [0.05, 0.1) is 18.9 Å². The Morgan fingerprint density at radius 1 is 1.23 bits per heavy atom. The first-order valence-electron chi connectivity index (χ1n) is 6.77. The SMILES string of the molecule is CC(n1nccn1)C(O)(Cn1cncn1)c1ccccc1F. The molecular formula is C14H15FN6O. The smallest absolute Gasteiger partial charge is 0.137 e. The molecule has 0 aliphatic heterocycles. The summed E-state index contributed by atoms with van der Waals surface area (Å²) in [6.07, 6.45) is 5.84. The molecule has 2 heterocycles. The van der Waals surface area contributed by atoms with Gasteiger partial charge in [-0.1, -0.05) is 18.2 Å². The van der Waals surface area contributed by atoms with Crippen LogP contribution in [-0.2, 0) is 12.1 Å². The maximum atomic E-state index is 14.3. The first kappa shape index (κ1) is 14.3. The fraction of sp³-hybridized carbons (Fsp3) is 0.286. The highest BCUT2D eigenvalue weighted by Gasteiger charge is 2.41. The Labute approximate surface area is 126 Å². The van der Waals surface area contributed by atoms with Crippen LogP contribution in [-0.4, -0.2) is 34.9 Å². The zero-order valence-corrected chi connectivity index (χ0v) is 11.9. The molecule has 8 heteroatoms. The Kier molecular flexibility index (Phi) is 3.68. The summed E-state index contributed by atoms with van der Waals surface area (Å²) in [5.41, 5.74) is -1.42. The highest BCUT2D eigenvalue weighted by Crippen LogP contribution is 2.35. The van der Waals surface area contributed by atoms with Crippen molar-refractivity contribution in [1.82, 2.24) is 29.8 Å². The van der Waals surface area contributed by atoms with Crippen LogP contribution in [0.2, 0.25) is 0 Å². The van der Waals surface area contributed by atoms with Gasteiger partial charge in [-0.3, -0.25) is 0 Å². The molecule has 2 aromatic heterocycles. The number of aromatic nitrogens is 6. The van der Waals surface area contributed by atoms with E-state index in [-0.39, 0.29) is 12.1 Å². The number of rotatable bonds is 5. The molecule has 0 spiro atoms. The lowest BCUT2D eigenvalue weighted by molar-refractivity contribution is -0.0412. The minimum atomic E-state index is -1.59. The predicted octanol–water partition coefficient (Wildman–Crippen LogP) is 1.16. The minimum Gasteiger partial charge on any atom is -0.381 e. The third kappa shape index (κ3) is 2.48. The van der Waals surface area contributed by atoms with E-state index in [1.54, 1.807) is 25.1 Å². The molecule has 0 aliphatic rings. The Hall–Kier alpha value is -2.61. The second kappa shape index (κ2) is 5.64. The molecule has 114 valence electrons. The van der Waals surface area contributed by atoms with Crippen molar-refractivity contribution in [1.29, 1.82) is 0 Å². The highest BCUT2D eigenvalue weighted by molar-refractivity contribution is 5.25. The number of halogens is 1. The normalized spacial score (nSPS) is 15.4. The van der Waals surface area contributed by atoms with Crippen molar-refractivity contribution >= 4 is 0 Å². The van der Waals surface area contributed by atoms with E-state index in [1.807, 2.05) is 0 Å². The molecule has 0 saturated carbocycles. The van der Waals surface area contributed by atoms with Crippen molar-refractivity contribution in [2.45, 2.75) is 25.1 Å². The van der Waals surface area contributed by atoms with Gasteiger partial charge in [0.25, 0.3) is 0 Å². The van der Waals surface area contributed by atoms with Crippen LogP contribution in [0.25, 0.3) is 0 Å². The Balaban J connectivity index is 2.07. The monoisotopic (exact) mass is 302 g/mol. The molecule has 0 radical (unpaired) electrons. The Bertz CT molecular complexity index is 730. The summed E-state index contributed by atoms with van der Waals surface area (Å²) in [6.45, 7) is 1.75. The summed E-state index contributed by atoms with van der Waals surface area (Å²) in [7, 11) is 0. The van der Waals surface area contributed by atoms with Gasteiger partial charge in [0, 0.05) is 5.56 Å². The standard InChI is InChI=1S/C14H15FN6O/c1-11(21-17-6-7-18-21)14(22,8-20-10-16-9-19-20)12-4-2-3-5-13(12)15/h2-7,9-11,22H,8H2,1H3. The number of hydrogen-bond acceptors (Lipinski definition) is 5. The molecule has 7 nitrogen and oxygen atoms in total. The molecule has 2 atom stereocenters. The Morgan fingerprint density at radius 2 is 1.95 bits per heavy atom. The van der Waals surface area contributed by atoms with Crippen molar-refractivity contribution in [3.63, 3.8) is 0 Å². The largest absolute Gasteiger partial charge is 0.381 e. The van der Waals surface area contributed by atoms with Crippen LogP contribution in [0, 0.1) is 5.82 Å². The van der Waals surface area contributed by atoms with Crippen LogP contribution >= 0.6 is 0 Å². The van der Waals surface area contributed by atoms with Crippen molar-refractivity contribution in [3.05, 3.63) is 60.7 Å². The van der Waals surface area contributed by atoms with Gasteiger partial charge in [0.15, 0.2) is 0 Å². The third-order valence-corrected chi connectivity index (χ3v) is 3.68. The fourth-order valence-corrected chi connectivity index (χ4v) is 2.43. The topological polar surface area (TPSA) is 81.6 Å². The quantitative estimate of drug-likeness (QED) is 0.765. The van der Waals surface area contributed by atoms with E-state index < -0.39 is 17.5 Å². The number of nitrogens with zero attached hydrogens (tertiary/aromatic N) is 6. The Morgan fingerprint density at radius 3 is 2.59 bits per heavy atom. The number of aliphatic hydroxyl groups is 1. The maximum absolute atomic E-state index is 14.3. The van der Waals surface area contributed by atoms with Crippen LogP contribution in [0.1, 0.15) is 18.5 Å². The summed E-state index contributed by atoms with van der Waals surface area (Å²) < 4.78 is 15.7. The first-order valence-corrected chi connectivity index (χ1v) is 6.77. The van der Waals surface area contributed by atoms with Gasteiger partial charge in [-0.05, 0) is 13.0 Å². The molecule has 1 aromatic carbocycles. The van der Waals surface area contributed by atoms with Gasteiger partial charge in [-0.2, -0.15) is 20.1 Å². The van der Waals surface area contributed by atoms with Crippen LogP contribution in [0.3, 0.4) is 0 Å². The lowest BCUT2D eigenvalue weighted by Gasteiger charge is -2.33. The molecule has 0 bridgehead atoms. The van der Waals surface area contributed by atoms with Gasteiger partial charge in [0.1, 0.15) is 30.1 Å². The first-order chi connectivity index (χ1) is 10.6. The lowest BCUT2D eigenvalue weighted by atomic mass is 9.86. The van der Waals surface area contributed by atoms with Crippen molar-refractivity contribution in [2.24, 2.45) is 0 Å². The van der Waals surface area contributed by atoms with Gasteiger partial charge in [0.2, 0.25) is 0 Å². The van der Waals surface area contributed by atoms with E-state index in [9.17, 15) is 9.50 Å². The maximum Gasteiger partial charge on any atom is 0.137 e. The second-order valence-electron chi connectivity index (χ2n) is 5.02. The van der Waals surface area contributed by atoms with E-state index in [1.165, 1.54) is 40.6 Å². The number of hydrogen-bond donors (Lipinski definition) is 1. The summed E-state index contributed by atoms with van der Waals surface area (Å²) >= 11 is 0. The highest BCUT2D eigenvalue weighted by atomic mass is 19.1. The molecular weight excluding hydrogens is 287 g/mol. The third-order valence-electron chi connectivity index (χ3n) is 3.68. The van der Waals surface area contributed by atoms with Gasteiger partial charge >= 0.3 is 0 Å². The van der Waals surface area contributed by atoms with E-state index in [0.29, 0.717) is 0 Å². The molecule has 22 heavy (non-hydrogen) atoms. The molecule has 1 N–H and O–H groups in total. The average Bonchev–Trinajstić information content (AvgIpc) is 3.20. The molecule has 3 rings (SSSR count). The zero-order chi connectivity index (χ0) is 15.6. The molecule has 3 aromatic rings. The summed E-state index contributed by atoms with van der Waals surface area (Å²) in [6, 6.07) is 5.50.